The first-order chi connectivity index (χ1) is 6.77. The maximum atomic E-state index is 11.5. The van der Waals surface area contributed by atoms with E-state index < -0.39 is 0 Å². The third-order valence-corrected chi connectivity index (χ3v) is 3.33. The van der Waals surface area contributed by atoms with Gasteiger partial charge in [-0.05, 0) is 18.6 Å². The van der Waals surface area contributed by atoms with Crippen LogP contribution in [0.25, 0.3) is 0 Å². The fraction of sp³-hybridized carbons (Fsp3) is 0.500. The van der Waals surface area contributed by atoms with Crippen LogP contribution >= 0.6 is 11.8 Å². The van der Waals surface area contributed by atoms with E-state index >= 15 is 0 Å². The molecule has 1 aliphatic rings. The van der Waals surface area contributed by atoms with Crippen LogP contribution in [0.1, 0.15) is 5.56 Å². The van der Waals surface area contributed by atoms with Crippen molar-refractivity contribution in [3.8, 4) is 0 Å². The first-order valence-corrected chi connectivity index (χ1v) is 5.95. The Balaban J connectivity index is 2.24. The lowest BCUT2D eigenvalue weighted by Gasteiger charge is -2.24. The molecule has 0 saturated carbocycles. The van der Waals surface area contributed by atoms with Crippen molar-refractivity contribution in [3.63, 3.8) is 0 Å². The van der Waals surface area contributed by atoms with Crippen molar-refractivity contribution in [2.75, 3.05) is 29.5 Å². The molecule has 0 N–H and O–H groups in total. The van der Waals surface area contributed by atoms with Crippen LogP contribution in [-0.2, 0) is 0 Å². The Bertz CT molecular complexity index is 324. The molecule has 0 spiro atoms. The number of rotatable bonds is 1. The van der Waals surface area contributed by atoms with Crippen LogP contribution in [0.3, 0.4) is 0 Å². The highest BCUT2D eigenvalue weighted by molar-refractivity contribution is 7.99. The predicted octanol–water partition coefficient (Wildman–Crippen LogP) is 1.18. The molecule has 1 aromatic heterocycles. The second-order valence-corrected chi connectivity index (χ2v) is 4.71. The Morgan fingerprint density at radius 1 is 1.43 bits per heavy atom. The van der Waals surface area contributed by atoms with E-state index in [2.05, 4.69) is 4.90 Å². The second-order valence-electron chi connectivity index (χ2n) is 3.49. The number of aromatic nitrogens is 1. The molecule has 2 rings (SSSR count). The summed E-state index contributed by atoms with van der Waals surface area (Å²) in [5.74, 6) is 3.03. The fourth-order valence-corrected chi connectivity index (χ4v) is 2.50. The molecule has 2 heterocycles. The second kappa shape index (κ2) is 4.09. The van der Waals surface area contributed by atoms with Gasteiger partial charge in [0, 0.05) is 17.6 Å². The van der Waals surface area contributed by atoms with E-state index in [1.165, 1.54) is 0 Å². The Morgan fingerprint density at radius 2 is 2.14 bits per heavy atom. The molecule has 0 bridgehead atoms. The largest absolute Gasteiger partial charge is 0.711 e. The standard InChI is InChI=1S/C10H14N2OS/c1-9-2-3-12(13)10(8-9)11-4-6-14-7-5-11/h2-3,8H,4-7H2,1H3. The van der Waals surface area contributed by atoms with Crippen molar-refractivity contribution in [3.05, 3.63) is 29.1 Å². The first kappa shape index (κ1) is 9.65. The molecule has 76 valence electrons. The Hall–Kier alpha value is -0.900. The van der Waals surface area contributed by atoms with E-state index in [0.29, 0.717) is 0 Å². The summed E-state index contributed by atoms with van der Waals surface area (Å²) in [5.41, 5.74) is 1.14. The van der Waals surface area contributed by atoms with Gasteiger partial charge in [0.1, 0.15) is 0 Å². The molecule has 3 nitrogen and oxygen atoms in total. The van der Waals surface area contributed by atoms with Gasteiger partial charge < -0.3 is 5.21 Å². The van der Waals surface area contributed by atoms with E-state index in [1.54, 1.807) is 6.20 Å². The van der Waals surface area contributed by atoms with E-state index in [9.17, 15) is 5.21 Å². The molecule has 0 atom stereocenters. The summed E-state index contributed by atoms with van der Waals surface area (Å²) in [4.78, 5) is 2.16. The van der Waals surface area contributed by atoms with Gasteiger partial charge in [0.15, 0.2) is 0 Å². The lowest BCUT2D eigenvalue weighted by Crippen LogP contribution is -2.42. The zero-order valence-corrected chi connectivity index (χ0v) is 9.09. The number of hydrogen-bond acceptors (Lipinski definition) is 3. The van der Waals surface area contributed by atoms with Crippen molar-refractivity contribution in [2.24, 2.45) is 0 Å². The van der Waals surface area contributed by atoms with Crippen molar-refractivity contribution >= 4 is 17.6 Å². The highest BCUT2D eigenvalue weighted by atomic mass is 32.2. The zero-order valence-electron chi connectivity index (χ0n) is 8.27. The SMILES string of the molecule is Cc1cc[n+]([O-])c(N2CCSCC2)c1. The molecule has 0 amide bonds. The normalized spacial score (nSPS) is 17.1. The van der Waals surface area contributed by atoms with Gasteiger partial charge in [-0.25, -0.2) is 4.73 Å². The zero-order chi connectivity index (χ0) is 9.97. The van der Waals surface area contributed by atoms with E-state index in [0.717, 1.165) is 40.7 Å². The smallest absolute Gasteiger partial charge is 0.279 e. The molecule has 1 aliphatic heterocycles. The molecule has 1 saturated heterocycles. The van der Waals surface area contributed by atoms with Crippen molar-refractivity contribution in [2.45, 2.75) is 6.92 Å². The van der Waals surface area contributed by atoms with Crippen LogP contribution in [0.4, 0.5) is 5.82 Å². The molecule has 14 heavy (non-hydrogen) atoms. The summed E-state index contributed by atoms with van der Waals surface area (Å²) in [6, 6.07) is 3.80. The maximum Gasteiger partial charge on any atom is 0.279 e. The number of pyridine rings is 1. The van der Waals surface area contributed by atoms with E-state index in [-0.39, 0.29) is 0 Å². The maximum absolute atomic E-state index is 11.5. The minimum atomic E-state index is 0.797. The average molecular weight is 210 g/mol. The number of hydrogen-bond donors (Lipinski definition) is 0. The molecular formula is C10H14N2OS. The fourth-order valence-electron chi connectivity index (χ4n) is 1.60. The molecule has 1 aromatic rings. The highest BCUT2D eigenvalue weighted by Crippen LogP contribution is 2.16. The van der Waals surface area contributed by atoms with Crippen LogP contribution in [0.15, 0.2) is 18.3 Å². The van der Waals surface area contributed by atoms with Gasteiger partial charge in [0.2, 0.25) is 0 Å². The van der Waals surface area contributed by atoms with Gasteiger partial charge >= 0.3 is 0 Å². The van der Waals surface area contributed by atoms with Gasteiger partial charge in [-0.1, -0.05) is 0 Å². The van der Waals surface area contributed by atoms with Crippen molar-refractivity contribution in [1.29, 1.82) is 0 Å². The minimum Gasteiger partial charge on any atom is -0.711 e. The topological polar surface area (TPSA) is 30.2 Å². The summed E-state index contributed by atoms with van der Waals surface area (Å²) in [6.45, 7) is 3.98. The van der Waals surface area contributed by atoms with Gasteiger partial charge in [-0.15, -0.1) is 0 Å². The Labute approximate surface area is 88.3 Å². The third-order valence-electron chi connectivity index (χ3n) is 2.39. The van der Waals surface area contributed by atoms with Gasteiger partial charge in [-0.3, -0.25) is 4.90 Å². The van der Waals surface area contributed by atoms with Crippen LogP contribution in [0, 0.1) is 12.1 Å². The number of thioether (sulfide) groups is 1. The lowest BCUT2D eigenvalue weighted by atomic mass is 10.3. The Morgan fingerprint density at radius 3 is 2.86 bits per heavy atom. The molecule has 4 heteroatoms. The number of aryl methyl sites for hydroxylation is 1. The summed E-state index contributed by atoms with van der Waals surface area (Å²) in [6.07, 6.45) is 1.59. The molecule has 0 aromatic carbocycles. The highest BCUT2D eigenvalue weighted by Gasteiger charge is 2.19. The van der Waals surface area contributed by atoms with Crippen LogP contribution in [0.2, 0.25) is 0 Å². The quantitative estimate of drug-likeness (QED) is 0.515. The van der Waals surface area contributed by atoms with Crippen molar-refractivity contribution in [1.82, 2.24) is 0 Å². The molecule has 0 unspecified atom stereocenters. The lowest BCUT2D eigenvalue weighted by molar-refractivity contribution is -0.592. The Kier molecular flexibility index (Phi) is 2.82. The van der Waals surface area contributed by atoms with Gasteiger partial charge in [0.05, 0.1) is 19.3 Å². The van der Waals surface area contributed by atoms with Crippen LogP contribution < -0.4 is 9.63 Å². The van der Waals surface area contributed by atoms with Crippen molar-refractivity contribution < 1.29 is 4.73 Å². The van der Waals surface area contributed by atoms with Crippen LogP contribution in [-0.4, -0.2) is 24.6 Å². The van der Waals surface area contributed by atoms with E-state index in [4.69, 9.17) is 0 Å². The van der Waals surface area contributed by atoms with Gasteiger partial charge in [0.25, 0.3) is 5.82 Å². The first-order valence-electron chi connectivity index (χ1n) is 4.80. The monoisotopic (exact) mass is 210 g/mol. The molecule has 0 radical (unpaired) electrons. The van der Waals surface area contributed by atoms with Gasteiger partial charge in [-0.2, -0.15) is 11.8 Å². The predicted molar refractivity (Wildman–Crippen MR) is 59.7 cm³/mol. The summed E-state index contributed by atoms with van der Waals surface area (Å²) in [7, 11) is 0. The molecule has 1 fully saturated rings. The molecule has 0 aliphatic carbocycles. The molecular weight excluding hydrogens is 196 g/mol. The average Bonchev–Trinajstić information content (AvgIpc) is 2.23. The summed E-state index contributed by atoms with van der Waals surface area (Å²) in [5, 5.41) is 11.5. The summed E-state index contributed by atoms with van der Waals surface area (Å²) < 4.78 is 0.961. The number of nitrogens with zero attached hydrogens (tertiary/aromatic N) is 2. The number of anilines is 1. The third kappa shape index (κ3) is 1.95. The van der Waals surface area contributed by atoms with Crippen LogP contribution in [0.5, 0.6) is 0 Å². The minimum absolute atomic E-state index is 0.797. The summed E-state index contributed by atoms with van der Waals surface area (Å²) >= 11 is 1.95. The van der Waals surface area contributed by atoms with E-state index in [1.807, 2.05) is 30.8 Å².